The fourth-order valence-corrected chi connectivity index (χ4v) is 1.74. The van der Waals surface area contributed by atoms with E-state index in [0.717, 1.165) is 19.0 Å². The van der Waals surface area contributed by atoms with Crippen molar-refractivity contribution in [2.45, 2.75) is 19.8 Å². The second-order valence-corrected chi connectivity index (χ2v) is 3.77. The summed E-state index contributed by atoms with van der Waals surface area (Å²) in [5.74, 6) is 0.881. The molecular weight excluding hydrogens is 162 g/mol. The summed E-state index contributed by atoms with van der Waals surface area (Å²) in [5, 5.41) is 7.67. The van der Waals surface area contributed by atoms with E-state index in [1.807, 2.05) is 12.3 Å². The summed E-state index contributed by atoms with van der Waals surface area (Å²) in [6.45, 7) is 4.64. The maximum absolute atomic E-state index is 3.89. The van der Waals surface area contributed by atoms with Crippen LogP contribution in [0.4, 0.5) is 5.69 Å². The van der Waals surface area contributed by atoms with Gasteiger partial charge in [-0.15, -0.1) is 0 Å². The van der Waals surface area contributed by atoms with Gasteiger partial charge in [-0.05, 0) is 24.8 Å². The fourth-order valence-electron chi connectivity index (χ4n) is 1.74. The van der Waals surface area contributed by atoms with Crippen molar-refractivity contribution in [3.8, 4) is 0 Å². The smallest absolute Gasteiger partial charge is 0.0729 e. The first-order chi connectivity index (χ1) is 6.36. The second kappa shape index (κ2) is 3.73. The first-order valence-electron chi connectivity index (χ1n) is 4.88. The van der Waals surface area contributed by atoms with E-state index >= 15 is 0 Å². The average molecular weight is 177 g/mol. The number of hydrogen-bond donors (Lipinski definition) is 0. The van der Waals surface area contributed by atoms with Crippen molar-refractivity contribution in [3.05, 3.63) is 18.5 Å². The summed E-state index contributed by atoms with van der Waals surface area (Å²) < 4.78 is 0. The molecule has 13 heavy (non-hydrogen) atoms. The van der Waals surface area contributed by atoms with Gasteiger partial charge in [-0.1, -0.05) is 6.92 Å². The maximum Gasteiger partial charge on any atom is 0.0729 e. The zero-order chi connectivity index (χ0) is 9.10. The van der Waals surface area contributed by atoms with Crippen LogP contribution < -0.4 is 4.90 Å². The third-order valence-corrected chi connectivity index (χ3v) is 2.72. The van der Waals surface area contributed by atoms with E-state index in [0.29, 0.717) is 0 Å². The van der Waals surface area contributed by atoms with Crippen LogP contribution in [-0.4, -0.2) is 23.3 Å². The van der Waals surface area contributed by atoms with Crippen LogP contribution in [0.5, 0.6) is 0 Å². The molecule has 1 aromatic rings. The Morgan fingerprint density at radius 1 is 1.31 bits per heavy atom. The summed E-state index contributed by atoms with van der Waals surface area (Å²) in [7, 11) is 0. The molecule has 0 saturated carbocycles. The number of anilines is 1. The van der Waals surface area contributed by atoms with Crippen molar-refractivity contribution in [2.75, 3.05) is 18.0 Å². The minimum Gasteiger partial charge on any atom is -0.370 e. The molecule has 0 radical (unpaired) electrons. The van der Waals surface area contributed by atoms with Crippen molar-refractivity contribution in [1.82, 2.24) is 10.2 Å². The molecule has 0 unspecified atom stereocenters. The fraction of sp³-hybridized carbons (Fsp3) is 0.600. The van der Waals surface area contributed by atoms with Gasteiger partial charge in [0.2, 0.25) is 0 Å². The first kappa shape index (κ1) is 8.48. The minimum atomic E-state index is 0.881. The Morgan fingerprint density at radius 2 is 2.08 bits per heavy atom. The number of piperidine rings is 1. The van der Waals surface area contributed by atoms with E-state index in [1.54, 1.807) is 6.20 Å². The van der Waals surface area contributed by atoms with Crippen LogP contribution in [0.2, 0.25) is 0 Å². The lowest BCUT2D eigenvalue weighted by Crippen LogP contribution is -2.32. The molecule has 0 bridgehead atoms. The summed E-state index contributed by atoms with van der Waals surface area (Å²) in [5.41, 5.74) is 1.21. The van der Waals surface area contributed by atoms with E-state index < -0.39 is 0 Å². The van der Waals surface area contributed by atoms with Gasteiger partial charge in [0.25, 0.3) is 0 Å². The molecule has 70 valence electrons. The third-order valence-electron chi connectivity index (χ3n) is 2.72. The molecule has 1 fully saturated rings. The summed E-state index contributed by atoms with van der Waals surface area (Å²) in [6, 6.07) is 2.03. The lowest BCUT2D eigenvalue weighted by molar-refractivity contribution is 0.438. The number of aromatic nitrogens is 2. The second-order valence-electron chi connectivity index (χ2n) is 3.77. The highest BCUT2D eigenvalue weighted by molar-refractivity contribution is 5.42. The zero-order valence-electron chi connectivity index (χ0n) is 7.98. The van der Waals surface area contributed by atoms with Gasteiger partial charge in [-0.2, -0.15) is 10.2 Å². The van der Waals surface area contributed by atoms with Gasteiger partial charge in [-0.25, -0.2) is 0 Å². The zero-order valence-corrected chi connectivity index (χ0v) is 7.98. The molecule has 1 aliphatic heterocycles. The van der Waals surface area contributed by atoms with Crippen LogP contribution in [0, 0.1) is 5.92 Å². The molecule has 0 spiro atoms. The van der Waals surface area contributed by atoms with Gasteiger partial charge in [0.15, 0.2) is 0 Å². The van der Waals surface area contributed by atoms with Crippen molar-refractivity contribution >= 4 is 5.69 Å². The molecular formula is C10H15N3. The van der Waals surface area contributed by atoms with Crippen LogP contribution in [0.15, 0.2) is 18.5 Å². The van der Waals surface area contributed by atoms with Gasteiger partial charge in [0.05, 0.1) is 18.1 Å². The summed E-state index contributed by atoms with van der Waals surface area (Å²) in [4.78, 5) is 2.38. The maximum atomic E-state index is 3.89. The molecule has 0 atom stereocenters. The third kappa shape index (κ3) is 1.97. The van der Waals surface area contributed by atoms with E-state index in [-0.39, 0.29) is 0 Å². The molecule has 1 aliphatic rings. The summed E-state index contributed by atoms with van der Waals surface area (Å²) >= 11 is 0. The van der Waals surface area contributed by atoms with Crippen molar-refractivity contribution in [1.29, 1.82) is 0 Å². The first-order valence-corrected chi connectivity index (χ1v) is 4.88. The van der Waals surface area contributed by atoms with E-state index in [1.165, 1.54) is 18.5 Å². The molecule has 0 amide bonds. The predicted octanol–water partition coefficient (Wildman–Crippen LogP) is 1.71. The van der Waals surface area contributed by atoms with E-state index in [2.05, 4.69) is 22.0 Å². The van der Waals surface area contributed by atoms with Crippen LogP contribution in [0.25, 0.3) is 0 Å². The molecule has 1 aromatic heterocycles. The molecule has 0 N–H and O–H groups in total. The van der Waals surface area contributed by atoms with Crippen molar-refractivity contribution in [3.63, 3.8) is 0 Å². The quantitative estimate of drug-likeness (QED) is 0.654. The largest absolute Gasteiger partial charge is 0.370 e. The van der Waals surface area contributed by atoms with Gasteiger partial charge < -0.3 is 4.90 Å². The number of nitrogens with zero attached hydrogens (tertiary/aromatic N) is 3. The molecule has 0 aromatic carbocycles. The Bertz CT molecular complexity index is 252. The summed E-state index contributed by atoms with van der Waals surface area (Å²) in [6.07, 6.45) is 6.19. The Morgan fingerprint density at radius 3 is 2.69 bits per heavy atom. The highest BCUT2D eigenvalue weighted by atomic mass is 15.2. The highest BCUT2D eigenvalue weighted by Crippen LogP contribution is 2.21. The average Bonchev–Trinajstić information content (AvgIpc) is 2.20. The normalized spacial score (nSPS) is 19.0. The molecule has 1 saturated heterocycles. The van der Waals surface area contributed by atoms with Crippen LogP contribution >= 0.6 is 0 Å². The van der Waals surface area contributed by atoms with Gasteiger partial charge >= 0.3 is 0 Å². The Balaban J connectivity index is 2.03. The molecule has 3 heteroatoms. The lowest BCUT2D eigenvalue weighted by Gasteiger charge is -2.31. The Kier molecular flexibility index (Phi) is 2.43. The Labute approximate surface area is 78.8 Å². The minimum absolute atomic E-state index is 0.881. The standard InChI is InChI=1S/C10H15N3/c1-9-3-6-13(7-4-9)10-2-5-11-12-8-10/h2,5,8-9H,3-4,6-7H2,1H3. The lowest BCUT2D eigenvalue weighted by atomic mass is 9.99. The number of hydrogen-bond acceptors (Lipinski definition) is 3. The molecule has 3 nitrogen and oxygen atoms in total. The molecule has 2 heterocycles. The van der Waals surface area contributed by atoms with Crippen molar-refractivity contribution < 1.29 is 0 Å². The van der Waals surface area contributed by atoms with E-state index in [4.69, 9.17) is 0 Å². The monoisotopic (exact) mass is 177 g/mol. The van der Waals surface area contributed by atoms with Crippen molar-refractivity contribution in [2.24, 2.45) is 5.92 Å². The SMILES string of the molecule is CC1CCN(c2ccnnc2)CC1. The van der Waals surface area contributed by atoms with Crippen LogP contribution in [0.1, 0.15) is 19.8 Å². The predicted molar refractivity (Wildman–Crippen MR) is 52.6 cm³/mol. The highest BCUT2D eigenvalue weighted by Gasteiger charge is 2.15. The van der Waals surface area contributed by atoms with Crippen LogP contribution in [0.3, 0.4) is 0 Å². The van der Waals surface area contributed by atoms with Gasteiger partial charge in [0, 0.05) is 13.1 Å². The topological polar surface area (TPSA) is 29.0 Å². The van der Waals surface area contributed by atoms with Gasteiger partial charge in [-0.3, -0.25) is 0 Å². The Hall–Kier alpha value is -1.12. The van der Waals surface area contributed by atoms with Gasteiger partial charge in [0.1, 0.15) is 0 Å². The van der Waals surface area contributed by atoms with Crippen LogP contribution in [-0.2, 0) is 0 Å². The molecule has 2 rings (SSSR count). The van der Waals surface area contributed by atoms with E-state index in [9.17, 15) is 0 Å². The number of rotatable bonds is 1. The molecule has 0 aliphatic carbocycles.